The molecule has 3 heterocycles. The lowest BCUT2D eigenvalue weighted by Gasteiger charge is -2.07. The van der Waals surface area contributed by atoms with Gasteiger partial charge in [0.1, 0.15) is 12.9 Å². The minimum Gasteiger partial charge on any atom is -0.372 e. The maximum atomic E-state index is 12.8. The zero-order valence-corrected chi connectivity index (χ0v) is 18.0. The van der Waals surface area contributed by atoms with Crippen LogP contribution in [-0.2, 0) is 11.2 Å². The molecule has 0 aliphatic carbocycles. The van der Waals surface area contributed by atoms with Crippen molar-refractivity contribution in [3.05, 3.63) is 83.7 Å². The second kappa shape index (κ2) is 9.86. The van der Waals surface area contributed by atoms with Gasteiger partial charge in [0.2, 0.25) is 0 Å². The van der Waals surface area contributed by atoms with Gasteiger partial charge in [0.15, 0.2) is 11.3 Å². The topological polar surface area (TPSA) is 81.4 Å². The number of carbonyl (C=O) groups is 1. The molecule has 0 aliphatic heterocycles. The number of aromatic nitrogens is 4. The Kier molecular flexibility index (Phi) is 6.54. The van der Waals surface area contributed by atoms with Gasteiger partial charge in [-0.15, -0.1) is 0 Å². The van der Waals surface area contributed by atoms with Crippen LogP contribution in [0.15, 0.2) is 61.2 Å². The van der Waals surface area contributed by atoms with Crippen LogP contribution in [-0.4, -0.2) is 45.5 Å². The van der Waals surface area contributed by atoms with Crippen LogP contribution in [0.3, 0.4) is 0 Å². The Labute approximate surface area is 186 Å². The van der Waals surface area contributed by atoms with E-state index in [1.807, 2.05) is 53.8 Å². The van der Waals surface area contributed by atoms with Gasteiger partial charge in [-0.2, -0.15) is 0 Å². The van der Waals surface area contributed by atoms with E-state index in [4.69, 9.17) is 4.74 Å². The van der Waals surface area contributed by atoms with E-state index in [0.29, 0.717) is 30.9 Å². The smallest absolute Gasteiger partial charge is 0.273 e. The predicted molar refractivity (Wildman–Crippen MR) is 122 cm³/mol. The molecule has 0 unspecified atom stereocenters. The molecule has 0 spiro atoms. The first-order valence-corrected chi connectivity index (χ1v) is 10.3. The summed E-state index contributed by atoms with van der Waals surface area (Å²) >= 11 is 0. The fourth-order valence-electron chi connectivity index (χ4n) is 3.31. The van der Waals surface area contributed by atoms with Crippen molar-refractivity contribution in [2.45, 2.75) is 13.3 Å². The van der Waals surface area contributed by atoms with Crippen molar-refractivity contribution in [1.29, 1.82) is 0 Å². The van der Waals surface area contributed by atoms with Crippen molar-refractivity contribution in [3.8, 4) is 23.1 Å². The van der Waals surface area contributed by atoms with Crippen LogP contribution < -0.4 is 5.32 Å². The van der Waals surface area contributed by atoms with Crippen molar-refractivity contribution >= 4 is 11.6 Å². The van der Waals surface area contributed by atoms with Crippen LogP contribution in [0.4, 0.5) is 0 Å². The zero-order valence-electron chi connectivity index (χ0n) is 18.0. The molecular formula is C25H23N5O2. The van der Waals surface area contributed by atoms with Gasteiger partial charge in [0.05, 0.1) is 5.69 Å². The fourth-order valence-corrected chi connectivity index (χ4v) is 3.31. The number of hydrogen-bond acceptors (Lipinski definition) is 5. The predicted octanol–water partition coefficient (Wildman–Crippen LogP) is 3.07. The number of ether oxygens (including phenoxy) is 1. The van der Waals surface area contributed by atoms with Gasteiger partial charge in [-0.05, 0) is 49.2 Å². The van der Waals surface area contributed by atoms with E-state index in [0.717, 1.165) is 28.1 Å². The van der Waals surface area contributed by atoms with E-state index in [1.54, 1.807) is 25.8 Å². The SMILES string of the molecule is COCC#Cc1ccc(CCNC(=O)c2ncn3c(C)cc(-c4cccnc4)nc23)cc1. The van der Waals surface area contributed by atoms with Crippen LogP contribution in [0.5, 0.6) is 0 Å². The number of nitrogens with zero attached hydrogens (tertiary/aromatic N) is 4. The molecule has 0 saturated heterocycles. The Morgan fingerprint density at radius 1 is 1.22 bits per heavy atom. The highest BCUT2D eigenvalue weighted by atomic mass is 16.5. The van der Waals surface area contributed by atoms with E-state index in [2.05, 4.69) is 32.1 Å². The Morgan fingerprint density at radius 2 is 2.06 bits per heavy atom. The molecule has 0 radical (unpaired) electrons. The molecule has 160 valence electrons. The monoisotopic (exact) mass is 425 g/mol. The molecule has 7 nitrogen and oxygen atoms in total. The van der Waals surface area contributed by atoms with Gasteiger partial charge in [-0.25, -0.2) is 9.97 Å². The number of methoxy groups -OCH3 is 1. The van der Waals surface area contributed by atoms with Crippen molar-refractivity contribution in [1.82, 2.24) is 24.7 Å². The molecule has 32 heavy (non-hydrogen) atoms. The highest BCUT2D eigenvalue weighted by Gasteiger charge is 2.16. The summed E-state index contributed by atoms with van der Waals surface area (Å²) in [5.41, 5.74) is 5.47. The van der Waals surface area contributed by atoms with Gasteiger partial charge >= 0.3 is 0 Å². The Balaban J connectivity index is 1.44. The van der Waals surface area contributed by atoms with Crippen molar-refractivity contribution in [3.63, 3.8) is 0 Å². The number of amides is 1. The van der Waals surface area contributed by atoms with Gasteiger partial charge in [0.25, 0.3) is 5.91 Å². The molecule has 7 heteroatoms. The summed E-state index contributed by atoms with van der Waals surface area (Å²) in [6, 6.07) is 13.7. The first-order chi connectivity index (χ1) is 15.7. The fraction of sp³-hybridized carbons (Fsp3) is 0.200. The number of carbonyl (C=O) groups excluding carboxylic acids is 1. The summed E-state index contributed by atoms with van der Waals surface area (Å²) in [5.74, 6) is 5.72. The third-order valence-electron chi connectivity index (χ3n) is 4.97. The third-order valence-corrected chi connectivity index (χ3v) is 4.97. The number of rotatable bonds is 6. The Morgan fingerprint density at radius 3 is 2.81 bits per heavy atom. The van der Waals surface area contributed by atoms with E-state index >= 15 is 0 Å². The number of hydrogen-bond donors (Lipinski definition) is 1. The van der Waals surface area contributed by atoms with E-state index in [9.17, 15) is 4.79 Å². The number of aryl methyl sites for hydroxylation is 1. The minimum atomic E-state index is -0.246. The number of pyridine rings is 1. The largest absolute Gasteiger partial charge is 0.372 e. The van der Waals surface area contributed by atoms with Gasteiger partial charge in [0, 0.05) is 42.9 Å². The molecule has 4 aromatic rings. The molecule has 0 aliphatic rings. The van der Waals surface area contributed by atoms with E-state index in [-0.39, 0.29) is 5.91 Å². The molecule has 1 aromatic carbocycles. The lowest BCUT2D eigenvalue weighted by molar-refractivity contribution is 0.0951. The minimum absolute atomic E-state index is 0.246. The second-order valence-electron chi connectivity index (χ2n) is 7.25. The lowest BCUT2D eigenvalue weighted by atomic mass is 10.1. The standard InChI is InChI=1S/C25H23N5O2/c1-18-15-22(21-6-3-12-26-16-21)29-24-23(28-17-30(18)24)25(31)27-13-11-20-9-7-19(8-10-20)5-4-14-32-2/h3,6-10,12,15-17H,11,13-14H2,1-2H3,(H,27,31). The molecule has 3 aromatic heterocycles. The first-order valence-electron chi connectivity index (χ1n) is 10.3. The average molecular weight is 425 g/mol. The van der Waals surface area contributed by atoms with Crippen molar-refractivity contribution in [2.24, 2.45) is 0 Å². The molecule has 0 saturated carbocycles. The van der Waals surface area contributed by atoms with Crippen LogP contribution in [0.25, 0.3) is 16.9 Å². The number of nitrogens with one attached hydrogen (secondary N) is 1. The maximum absolute atomic E-state index is 12.8. The van der Waals surface area contributed by atoms with Crippen LogP contribution in [0, 0.1) is 18.8 Å². The normalized spacial score (nSPS) is 10.6. The Bertz CT molecular complexity index is 1290. The zero-order chi connectivity index (χ0) is 22.3. The second-order valence-corrected chi connectivity index (χ2v) is 7.25. The number of fused-ring (bicyclic) bond motifs is 1. The first kappa shape index (κ1) is 21.2. The van der Waals surface area contributed by atoms with E-state index < -0.39 is 0 Å². The summed E-state index contributed by atoms with van der Waals surface area (Å²) in [7, 11) is 1.62. The van der Waals surface area contributed by atoms with Crippen molar-refractivity contribution in [2.75, 3.05) is 20.3 Å². The lowest BCUT2D eigenvalue weighted by Crippen LogP contribution is -2.26. The maximum Gasteiger partial charge on any atom is 0.273 e. The highest BCUT2D eigenvalue weighted by Crippen LogP contribution is 2.20. The summed E-state index contributed by atoms with van der Waals surface area (Å²) in [6.45, 7) is 2.86. The van der Waals surface area contributed by atoms with Crippen molar-refractivity contribution < 1.29 is 9.53 Å². The van der Waals surface area contributed by atoms with Gasteiger partial charge in [-0.3, -0.25) is 14.2 Å². The summed E-state index contributed by atoms with van der Waals surface area (Å²) in [5, 5.41) is 2.95. The Hall–Kier alpha value is -4.02. The third kappa shape index (κ3) is 4.82. The van der Waals surface area contributed by atoms with Crippen LogP contribution in [0.1, 0.15) is 27.3 Å². The average Bonchev–Trinajstić information content (AvgIpc) is 3.26. The molecule has 1 amide bonds. The highest BCUT2D eigenvalue weighted by molar-refractivity contribution is 5.98. The summed E-state index contributed by atoms with van der Waals surface area (Å²) in [6.07, 6.45) is 5.80. The molecule has 1 N–H and O–H groups in total. The molecule has 0 bridgehead atoms. The van der Waals surface area contributed by atoms with Crippen LogP contribution >= 0.6 is 0 Å². The number of benzene rings is 1. The molecular weight excluding hydrogens is 402 g/mol. The van der Waals surface area contributed by atoms with E-state index in [1.165, 1.54) is 0 Å². The van der Waals surface area contributed by atoms with Gasteiger partial charge < -0.3 is 10.1 Å². The van der Waals surface area contributed by atoms with Crippen LogP contribution in [0.2, 0.25) is 0 Å². The molecule has 0 atom stereocenters. The molecule has 4 rings (SSSR count). The number of imidazole rings is 1. The van der Waals surface area contributed by atoms with Gasteiger partial charge in [-0.1, -0.05) is 24.0 Å². The summed E-state index contributed by atoms with van der Waals surface area (Å²) < 4.78 is 6.75. The molecule has 0 fully saturated rings. The summed E-state index contributed by atoms with van der Waals surface area (Å²) in [4.78, 5) is 25.9. The quantitative estimate of drug-likeness (QED) is 0.480.